The largest absolute Gasteiger partial charge is 0.373 e. The molecule has 2 aromatic rings. The van der Waals surface area contributed by atoms with Gasteiger partial charge in [-0.15, -0.1) is 0 Å². The van der Waals surface area contributed by atoms with Crippen molar-refractivity contribution in [2.24, 2.45) is 7.05 Å². The van der Waals surface area contributed by atoms with Crippen molar-refractivity contribution in [3.05, 3.63) is 48.3 Å². The minimum atomic E-state index is 0.497. The molecule has 1 saturated heterocycles. The van der Waals surface area contributed by atoms with Gasteiger partial charge in [0.2, 0.25) is 0 Å². The fourth-order valence-electron chi connectivity index (χ4n) is 2.91. The van der Waals surface area contributed by atoms with Crippen LogP contribution in [0.25, 0.3) is 0 Å². The van der Waals surface area contributed by atoms with Crippen LogP contribution in [0, 0.1) is 0 Å². The molecule has 1 unspecified atom stereocenters. The van der Waals surface area contributed by atoms with Gasteiger partial charge < -0.3 is 4.90 Å². The number of thioether (sulfide) groups is 1. The van der Waals surface area contributed by atoms with Crippen LogP contribution in [0.4, 0.5) is 5.69 Å². The number of nitrogens with zero attached hydrogens (tertiary/aromatic N) is 4. The molecule has 0 saturated carbocycles. The van der Waals surface area contributed by atoms with E-state index in [2.05, 4.69) is 58.5 Å². The highest BCUT2D eigenvalue weighted by atomic mass is 32.2. The molecule has 5 heteroatoms. The number of aryl methyl sites for hydroxylation is 1. The third-order valence-corrected chi connectivity index (χ3v) is 5.29. The maximum Gasteiger partial charge on any atom is 0.0537 e. The average Bonchev–Trinajstić information content (AvgIpc) is 3.00. The molecule has 1 aliphatic rings. The van der Waals surface area contributed by atoms with Crippen LogP contribution in [0.3, 0.4) is 0 Å². The van der Waals surface area contributed by atoms with Gasteiger partial charge in [0, 0.05) is 68.7 Å². The van der Waals surface area contributed by atoms with Gasteiger partial charge in [0.25, 0.3) is 0 Å². The van der Waals surface area contributed by atoms with E-state index in [9.17, 15) is 0 Å². The van der Waals surface area contributed by atoms with Crippen molar-refractivity contribution < 1.29 is 0 Å². The van der Waals surface area contributed by atoms with E-state index in [0.29, 0.717) is 6.04 Å². The number of hydrogen-bond acceptors (Lipinski definition) is 4. The second-order valence-corrected chi connectivity index (χ2v) is 6.98. The van der Waals surface area contributed by atoms with Gasteiger partial charge >= 0.3 is 0 Å². The topological polar surface area (TPSA) is 24.3 Å². The summed E-state index contributed by atoms with van der Waals surface area (Å²) < 4.78 is 1.91. The van der Waals surface area contributed by atoms with Crippen molar-refractivity contribution in [1.29, 1.82) is 0 Å². The summed E-state index contributed by atoms with van der Waals surface area (Å²) in [6.45, 7) is 3.30. The molecule has 0 spiro atoms. The van der Waals surface area contributed by atoms with Crippen molar-refractivity contribution >= 4 is 17.4 Å². The maximum atomic E-state index is 4.34. The minimum absolute atomic E-state index is 0.497. The first-order valence-corrected chi connectivity index (χ1v) is 8.96. The molecule has 0 aliphatic carbocycles. The van der Waals surface area contributed by atoms with Crippen LogP contribution in [0.15, 0.2) is 42.7 Å². The SMILES string of the molecule is CN(CCN1CCSCC1c1cnn(C)c1)c1ccccc1. The van der Waals surface area contributed by atoms with Gasteiger partial charge in [-0.2, -0.15) is 16.9 Å². The molecule has 22 heavy (non-hydrogen) atoms. The Hall–Kier alpha value is -1.46. The third-order valence-electron chi connectivity index (χ3n) is 4.27. The summed E-state index contributed by atoms with van der Waals surface area (Å²) in [4.78, 5) is 4.94. The lowest BCUT2D eigenvalue weighted by atomic mass is 10.1. The van der Waals surface area contributed by atoms with E-state index < -0.39 is 0 Å². The predicted molar refractivity (Wildman–Crippen MR) is 94.6 cm³/mol. The van der Waals surface area contributed by atoms with Gasteiger partial charge in [0.1, 0.15) is 0 Å². The molecule has 1 fully saturated rings. The molecule has 1 atom stereocenters. The van der Waals surface area contributed by atoms with Gasteiger partial charge in [0.05, 0.1) is 6.20 Å². The quantitative estimate of drug-likeness (QED) is 0.846. The zero-order valence-corrected chi connectivity index (χ0v) is 14.2. The van der Waals surface area contributed by atoms with E-state index in [1.807, 2.05) is 29.7 Å². The number of aromatic nitrogens is 2. The lowest BCUT2D eigenvalue weighted by molar-refractivity contribution is 0.226. The van der Waals surface area contributed by atoms with E-state index in [4.69, 9.17) is 0 Å². The van der Waals surface area contributed by atoms with Crippen LogP contribution in [-0.4, -0.2) is 52.9 Å². The molecule has 0 N–H and O–H groups in total. The second-order valence-electron chi connectivity index (χ2n) is 5.83. The summed E-state index contributed by atoms with van der Waals surface area (Å²) >= 11 is 2.05. The van der Waals surface area contributed by atoms with E-state index >= 15 is 0 Å². The van der Waals surface area contributed by atoms with Crippen molar-refractivity contribution in [3.63, 3.8) is 0 Å². The first-order valence-electron chi connectivity index (χ1n) is 7.80. The summed E-state index contributed by atoms with van der Waals surface area (Å²) in [6.07, 6.45) is 4.18. The molecule has 1 aliphatic heterocycles. The zero-order valence-electron chi connectivity index (χ0n) is 13.4. The van der Waals surface area contributed by atoms with Gasteiger partial charge in [0.15, 0.2) is 0 Å². The number of hydrogen-bond donors (Lipinski definition) is 0. The summed E-state index contributed by atoms with van der Waals surface area (Å²) in [5, 5.41) is 4.34. The van der Waals surface area contributed by atoms with E-state index in [0.717, 1.165) is 19.6 Å². The van der Waals surface area contributed by atoms with Crippen molar-refractivity contribution in [2.45, 2.75) is 6.04 Å². The van der Waals surface area contributed by atoms with E-state index in [1.54, 1.807) is 0 Å². The Bertz CT molecular complexity index is 583. The molecule has 1 aromatic carbocycles. The average molecular weight is 316 g/mol. The molecule has 3 rings (SSSR count). The molecule has 0 amide bonds. The fraction of sp³-hybridized carbons (Fsp3) is 0.471. The Kier molecular flexibility index (Phi) is 5.05. The van der Waals surface area contributed by atoms with Gasteiger partial charge in [-0.05, 0) is 12.1 Å². The molecular weight excluding hydrogens is 292 g/mol. The van der Waals surface area contributed by atoms with Crippen LogP contribution in [0.5, 0.6) is 0 Å². The number of para-hydroxylation sites is 1. The number of rotatable bonds is 5. The molecule has 118 valence electrons. The Balaban J connectivity index is 1.62. The fourth-order valence-corrected chi connectivity index (χ4v) is 4.07. The third kappa shape index (κ3) is 3.65. The monoisotopic (exact) mass is 316 g/mol. The molecule has 4 nitrogen and oxygen atoms in total. The van der Waals surface area contributed by atoms with Crippen LogP contribution in [0.1, 0.15) is 11.6 Å². The maximum absolute atomic E-state index is 4.34. The minimum Gasteiger partial charge on any atom is -0.373 e. The summed E-state index contributed by atoms with van der Waals surface area (Å²) in [5.41, 5.74) is 2.63. The molecule has 1 aromatic heterocycles. The highest BCUT2D eigenvalue weighted by molar-refractivity contribution is 7.99. The molecule has 2 heterocycles. The van der Waals surface area contributed by atoms with Crippen LogP contribution < -0.4 is 4.90 Å². The number of anilines is 1. The molecule has 0 bridgehead atoms. The van der Waals surface area contributed by atoms with E-state index in [1.165, 1.54) is 22.8 Å². The summed E-state index contributed by atoms with van der Waals surface area (Å²) in [7, 11) is 4.17. The van der Waals surface area contributed by atoms with Crippen molar-refractivity contribution in [1.82, 2.24) is 14.7 Å². The lowest BCUT2D eigenvalue weighted by Gasteiger charge is -2.36. The van der Waals surface area contributed by atoms with Crippen LogP contribution in [-0.2, 0) is 7.05 Å². The predicted octanol–water partition coefficient (Wildman–Crippen LogP) is 2.65. The number of likely N-dealkylation sites (N-methyl/N-ethyl adjacent to an activating group) is 1. The smallest absolute Gasteiger partial charge is 0.0537 e. The zero-order chi connectivity index (χ0) is 15.4. The standard InChI is InChI=1S/C17H24N4S/c1-19(16-6-4-3-5-7-16)8-9-21-10-11-22-14-17(21)15-12-18-20(2)13-15/h3-7,12-13,17H,8-11,14H2,1-2H3. The number of benzene rings is 1. The first-order chi connectivity index (χ1) is 10.7. The Morgan fingerprint density at radius 2 is 2.14 bits per heavy atom. The highest BCUT2D eigenvalue weighted by Gasteiger charge is 2.25. The van der Waals surface area contributed by atoms with Crippen molar-refractivity contribution in [3.8, 4) is 0 Å². The summed E-state index contributed by atoms with van der Waals surface area (Å²) in [6, 6.07) is 11.1. The highest BCUT2D eigenvalue weighted by Crippen LogP contribution is 2.29. The Labute approximate surface area is 137 Å². The van der Waals surface area contributed by atoms with Crippen molar-refractivity contribution in [2.75, 3.05) is 43.1 Å². The first kappa shape index (κ1) is 15.4. The second kappa shape index (κ2) is 7.20. The normalized spacial score (nSPS) is 19.3. The van der Waals surface area contributed by atoms with Crippen LogP contribution in [0.2, 0.25) is 0 Å². The summed E-state index contributed by atoms with van der Waals surface area (Å²) in [5.74, 6) is 2.40. The Morgan fingerprint density at radius 1 is 1.32 bits per heavy atom. The Morgan fingerprint density at radius 3 is 2.86 bits per heavy atom. The molecular formula is C17H24N4S. The van der Waals surface area contributed by atoms with Crippen LogP contribution >= 0.6 is 11.8 Å². The van der Waals surface area contributed by atoms with Gasteiger partial charge in [-0.25, -0.2) is 0 Å². The van der Waals surface area contributed by atoms with Gasteiger partial charge in [-0.1, -0.05) is 18.2 Å². The van der Waals surface area contributed by atoms with Gasteiger partial charge in [-0.3, -0.25) is 9.58 Å². The molecule has 0 radical (unpaired) electrons. The lowest BCUT2D eigenvalue weighted by Crippen LogP contribution is -2.40. The van der Waals surface area contributed by atoms with E-state index in [-0.39, 0.29) is 0 Å².